The van der Waals surface area contributed by atoms with Crippen LogP contribution in [0, 0.1) is 0 Å². The van der Waals surface area contributed by atoms with E-state index in [0.29, 0.717) is 21.7 Å². The second-order valence-corrected chi connectivity index (χ2v) is 5.96. The van der Waals surface area contributed by atoms with Gasteiger partial charge in [0.2, 0.25) is 6.79 Å². The van der Waals surface area contributed by atoms with Crippen molar-refractivity contribution in [3.63, 3.8) is 0 Å². The molecule has 1 aromatic carbocycles. The summed E-state index contributed by atoms with van der Waals surface area (Å²) in [6.45, 7) is 4.02. The second kappa shape index (κ2) is 6.13. The first kappa shape index (κ1) is 14.7. The summed E-state index contributed by atoms with van der Waals surface area (Å²) in [5.41, 5.74) is 0. The van der Waals surface area contributed by atoms with E-state index < -0.39 is 7.82 Å². The van der Waals surface area contributed by atoms with Gasteiger partial charge in [-0.2, -0.15) is 0 Å². The fourth-order valence-electron chi connectivity index (χ4n) is 1.50. The highest BCUT2D eigenvalue weighted by atomic mass is 79.9. The van der Waals surface area contributed by atoms with Gasteiger partial charge in [-0.05, 0) is 29.8 Å². The number of phosphoric ester groups is 1. The number of fused-ring (bicyclic) bond motifs is 1. The average molecular weight is 353 g/mol. The van der Waals surface area contributed by atoms with Gasteiger partial charge in [-0.25, -0.2) is 4.57 Å². The molecular formula is C11H14BrO6P. The maximum Gasteiger partial charge on any atom is 0.530 e. The van der Waals surface area contributed by atoms with Gasteiger partial charge in [0, 0.05) is 12.1 Å². The molecule has 0 unspecified atom stereocenters. The minimum absolute atomic E-state index is 0.153. The van der Waals surface area contributed by atoms with Crippen molar-refractivity contribution in [2.24, 2.45) is 0 Å². The molecule has 2 rings (SSSR count). The molecule has 8 heteroatoms. The maximum absolute atomic E-state index is 12.3. The summed E-state index contributed by atoms with van der Waals surface area (Å²) in [5.74, 6) is 1.44. The number of ether oxygens (including phenoxy) is 2. The SMILES string of the molecule is CCOP(=O)(OCC)Oc1cc2c(cc1Br)OCO2. The average Bonchev–Trinajstić information content (AvgIpc) is 2.77. The fourth-order valence-corrected chi connectivity index (χ4v) is 3.23. The lowest BCUT2D eigenvalue weighted by atomic mass is 10.3. The molecule has 1 aliphatic heterocycles. The molecule has 0 saturated carbocycles. The molecule has 0 bridgehead atoms. The molecule has 106 valence electrons. The van der Waals surface area contributed by atoms with Crippen molar-refractivity contribution in [1.82, 2.24) is 0 Å². The van der Waals surface area contributed by atoms with Gasteiger partial charge in [0.05, 0.1) is 17.7 Å². The first-order valence-corrected chi connectivity index (χ1v) is 8.01. The lowest BCUT2D eigenvalue weighted by Crippen LogP contribution is -2.02. The predicted octanol–water partition coefficient (Wildman–Crippen LogP) is 3.74. The summed E-state index contributed by atoms with van der Waals surface area (Å²) < 4.78 is 38.8. The third kappa shape index (κ3) is 3.42. The Bertz CT molecular complexity index is 496. The number of halogens is 1. The first-order chi connectivity index (χ1) is 9.08. The van der Waals surface area contributed by atoms with E-state index in [2.05, 4.69) is 15.9 Å². The summed E-state index contributed by atoms with van der Waals surface area (Å²) in [7, 11) is -3.62. The normalized spacial score (nSPS) is 13.6. The molecule has 0 saturated heterocycles. The summed E-state index contributed by atoms with van der Waals surface area (Å²) in [6.07, 6.45) is 0. The Kier molecular flexibility index (Phi) is 4.73. The van der Waals surface area contributed by atoms with Gasteiger partial charge in [0.15, 0.2) is 11.5 Å². The van der Waals surface area contributed by atoms with Crippen molar-refractivity contribution >= 4 is 23.8 Å². The minimum atomic E-state index is -3.62. The van der Waals surface area contributed by atoms with Crippen LogP contribution in [0.15, 0.2) is 16.6 Å². The van der Waals surface area contributed by atoms with Crippen molar-refractivity contribution < 1.29 is 27.6 Å². The third-order valence-electron chi connectivity index (χ3n) is 2.21. The highest BCUT2D eigenvalue weighted by molar-refractivity contribution is 9.10. The monoisotopic (exact) mass is 352 g/mol. The Hall–Kier alpha value is -0.750. The van der Waals surface area contributed by atoms with E-state index in [1.807, 2.05) is 0 Å². The molecule has 0 aliphatic carbocycles. The van der Waals surface area contributed by atoms with Crippen LogP contribution in [0.5, 0.6) is 17.2 Å². The van der Waals surface area contributed by atoms with Crippen molar-refractivity contribution in [2.45, 2.75) is 13.8 Å². The standard InChI is InChI=1S/C11H14BrO6P/c1-3-16-19(13,17-4-2)18-9-6-11-10(5-8(9)12)14-7-15-11/h5-6H,3-4,7H2,1-2H3. The van der Waals surface area contributed by atoms with Crippen molar-refractivity contribution in [3.8, 4) is 17.2 Å². The Morgan fingerprint density at radius 2 is 1.79 bits per heavy atom. The number of benzene rings is 1. The fraction of sp³-hybridized carbons (Fsp3) is 0.455. The molecule has 19 heavy (non-hydrogen) atoms. The van der Waals surface area contributed by atoms with Gasteiger partial charge in [0.25, 0.3) is 0 Å². The van der Waals surface area contributed by atoms with Crippen LogP contribution in [0.3, 0.4) is 0 Å². The van der Waals surface area contributed by atoms with Gasteiger partial charge in [0.1, 0.15) is 5.75 Å². The van der Waals surface area contributed by atoms with E-state index in [0.717, 1.165) is 0 Å². The number of rotatable bonds is 6. The quantitative estimate of drug-likeness (QED) is 0.726. The Labute approximate surface area is 119 Å². The van der Waals surface area contributed by atoms with Crippen LogP contribution in [-0.4, -0.2) is 20.0 Å². The zero-order chi connectivity index (χ0) is 13.9. The first-order valence-electron chi connectivity index (χ1n) is 5.76. The minimum Gasteiger partial charge on any atom is -0.454 e. The lowest BCUT2D eigenvalue weighted by molar-refractivity contribution is 0.167. The van der Waals surface area contributed by atoms with Gasteiger partial charge in [-0.15, -0.1) is 0 Å². The Morgan fingerprint density at radius 3 is 2.37 bits per heavy atom. The molecule has 6 nitrogen and oxygen atoms in total. The van der Waals surface area contributed by atoms with E-state index in [9.17, 15) is 4.57 Å². The molecule has 0 N–H and O–H groups in total. The Morgan fingerprint density at radius 1 is 1.21 bits per heavy atom. The molecule has 1 aliphatic rings. The number of phosphoric acid groups is 1. The summed E-state index contributed by atoms with van der Waals surface area (Å²) in [5, 5.41) is 0. The van der Waals surface area contributed by atoms with Crippen LogP contribution in [0.25, 0.3) is 0 Å². The van der Waals surface area contributed by atoms with Crippen molar-refractivity contribution in [2.75, 3.05) is 20.0 Å². The highest BCUT2D eigenvalue weighted by Crippen LogP contribution is 2.52. The molecule has 0 amide bonds. The molecule has 0 spiro atoms. The second-order valence-electron chi connectivity index (χ2n) is 3.51. The predicted molar refractivity (Wildman–Crippen MR) is 71.8 cm³/mol. The molecule has 0 atom stereocenters. The van der Waals surface area contributed by atoms with Crippen LogP contribution < -0.4 is 14.0 Å². The summed E-state index contributed by atoms with van der Waals surface area (Å²) in [6, 6.07) is 3.26. The topological polar surface area (TPSA) is 63.2 Å². The smallest absolute Gasteiger partial charge is 0.454 e. The van der Waals surface area contributed by atoms with E-state index in [1.165, 1.54) is 0 Å². The lowest BCUT2D eigenvalue weighted by Gasteiger charge is -2.18. The van der Waals surface area contributed by atoms with Crippen LogP contribution in [0.4, 0.5) is 0 Å². The molecule has 0 fully saturated rings. The molecule has 1 aromatic rings. The van der Waals surface area contributed by atoms with Crippen LogP contribution in [0.1, 0.15) is 13.8 Å². The molecule has 1 heterocycles. The largest absolute Gasteiger partial charge is 0.530 e. The van der Waals surface area contributed by atoms with E-state index in [-0.39, 0.29) is 20.0 Å². The zero-order valence-electron chi connectivity index (χ0n) is 10.6. The van der Waals surface area contributed by atoms with Crippen molar-refractivity contribution in [3.05, 3.63) is 16.6 Å². The van der Waals surface area contributed by atoms with Crippen LogP contribution >= 0.6 is 23.8 Å². The number of hydrogen-bond donors (Lipinski definition) is 0. The van der Waals surface area contributed by atoms with Crippen molar-refractivity contribution in [1.29, 1.82) is 0 Å². The summed E-state index contributed by atoms with van der Waals surface area (Å²) in [4.78, 5) is 0. The third-order valence-corrected chi connectivity index (χ3v) is 4.40. The van der Waals surface area contributed by atoms with E-state index in [4.69, 9.17) is 23.0 Å². The maximum atomic E-state index is 12.3. The zero-order valence-corrected chi connectivity index (χ0v) is 13.0. The van der Waals surface area contributed by atoms with Gasteiger partial charge >= 0.3 is 7.82 Å². The Balaban J connectivity index is 2.24. The van der Waals surface area contributed by atoms with E-state index >= 15 is 0 Å². The number of hydrogen-bond acceptors (Lipinski definition) is 6. The van der Waals surface area contributed by atoms with Gasteiger partial charge in [-0.3, -0.25) is 9.05 Å². The molecular weight excluding hydrogens is 339 g/mol. The van der Waals surface area contributed by atoms with E-state index in [1.54, 1.807) is 26.0 Å². The van der Waals surface area contributed by atoms with Gasteiger partial charge < -0.3 is 14.0 Å². The summed E-state index contributed by atoms with van der Waals surface area (Å²) >= 11 is 3.31. The van der Waals surface area contributed by atoms with Gasteiger partial charge in [-0.1, -0.05) is 0 Å². The molecule has 0 aromatic heterocycles. The van der Waals surface area contributed by atoms with Crippen LogP contribution in [-0.2, 0) is 13.6 Å². The van der Waals surface area contributed by atoms with Crippen LogP contribution in [0.2, 0.25) is 0 Å². The highest BCUT2D eigenvalue weighted by Gasteiger charge is 2.29. The molecule has 0 radical (unpaired) electrons.